The number of nitrogens with zero attached hydrogens (tertiary/aromatic N) is 2. The molecule has 94 valence electrons. The van der Waals surface area contributed by atoms with E-state index in [4.69, 9.17) is 9.63 Å². The van der Waals surface area contributed by atoms with Gasteiger partial charge >= 0.3 is 0 Å². The average Bonchev–Trinajstić information content (AvgIpc) is 2.95. The second-order valence-electron chi connectivity index (χ2n) is 4.50. The van der Waals surface area contributed by atoms with E-state index in [9.17, 15) is 4.79 Å². The molecule has 0 bridgehead atoms. The smallest absolute Gasteiger partial charge is 0.293 e. The van der Waals surface area contributed by atoms with Gasteiger partial charge in [0.05, 0.1) is 12.8 Å². The van der Waals surface area contributed by atoms with Crippen LogP contribution in [0, 0.1) is 6.92 Å². The van der Waals surface area contributed by atoms with Crippen LogP contribution in [0.4, 0.5) is 0 Å². The number of hydrogen-bond donors (Lipinski definition) is 1. The number of hydrogen-bond acceptors (Lipinski definition) is 4. The maximum Gasteiger partial charge on any atom is 0.293 e. The van der Waals surface area contributed by atoms with Gasteiger partial charge in [0, 0.05) is 18.2 Å². The number of amides is 1. The number of aromatic nitrogens is 1. The van der Waals surface area contributed by atoms with Crippen molar-refractivity contribution in [1.82, 2.24) is 10.1 Å². The van der Waals surface area contributed by atoms with Gasteiger partial charge in [0.15, 0.2) is 0 Å². The highest BCUT2D eigenvalue weighted by molar-refractivity contribution is 5.92. The predicted octanol–water partition coefficient (Wildman–Crippen LogP) is 1.36. The van der Waals surface area contributed by atoms with Crippen LogP contribution < -0.4 is 0 Å². The molecule has 0 radical (unpaired) electrons. The fourth-order valence-electron chi connectivity index (χ4n) is 2.40. The van der Waals surface area contributed by atoms with Crippen LogP contribution in [-0.2, 0) is 0 Å². The molecule has 1 heterocycles. The lowest BCUT2D eigenvalue weighted by molar-refractivity contribution is 0.0595. The van der Waals surface area contributed by atoms with Crippen LogP contribution in [0.25, 0.3) is 0 Å². The molecule has 1 saturated carbocycles. The van der Waals surface area contributed by atoms with E-state index in [1.807, 2.05) is 0 Å². The Kier molecular flexibility index (Phi) is 3.78. The lowest BCUT2D eigenvalue weighted by atomic mass is 10.2. The largest absolute Gasteiger partial charge is 0.395 e. The highest BCUT2D eigenvalue weighted by Crippen LogP contribution is 2.25. The van der Waals surface area contributed by atoms with Gasteiger partial charge in [-0.05, 0) is 19.8 Å². The molecule has 1 N–H and O–H groups in total. The first kappa shape index (κ1) is 12.1. The Balaban J connectivity index is 2.15. The van der Waals surface area contributed by atoms with Crippen molar-refractivity contribution in [2.75, 3.05) is 13.2 Å². The van der Waals surface area contributed by atoms with Crippen LogP contribution >= 0.6 is 0 Å². The number of aliphatic hydroxyl groups excluding tert-OH is 1. The molecule has 1 aliphatic rings. The van der Waals surface area contributed by atoms with Crippen molar-refractivity contribution in [3.8, 4) is 0 Å². The summed E-state index contributed by atoms with van der Waals surface area (Å²) in [6, 6.07) is 0.235. The summed E-state index contributed by atoms with van der Waals surface area (Å²) in [5, 5.41) is 12.7. The Bertz CT molecular complexity index is 383. The number of rotatable bonds is 4. The van der Waals surface area contributed by atoms with Crippen molar-refractivity contribution in [2.24, 2.45) is 0 Å². The molecular weight excluding hydrogens is 220 g/mol. The molecule has 17 heavy (non-hydrogen) atoms. The standard InChI is InChI=1S/C12H18N2O3/c1-9-8-13-17-11(9)12(16)14(6-7-15)10-4-2-3-5-10/h8,10,15H,2-7H2,1H3. The minimum Gasteiger partial charge on any atom is -0.395 e. The van der Waals surface area contributed by atoms with E-state index in [-0.39, 0.29) is 18.6 Å². The van der Waals surface area contributed by atoms with E-state index < -0.39 is 0 Å². The third-order valence-corrected chi connectivity index (χ3v) is 3.31. The second kappa shape index (κ2) is 5.31. The zero-order chi connectivity index (χ0) is 12.3. The van der Waals surface area contributed by atoms with Crippen LogP contribution in [0.15, 0.2) is 10.7 Å². The first-order valence-electron chi connectivity index (χ1n) is 6.07. The Labute approximate surface area is 100 Å². The van der Waals surface area contributed by atoms with Crippen molar-refractivity contribution in [3.63, 3.8) is 0 Å². The van der Waals surface area contributed by atoms with Gasteiger partial charge < -0.3 is 14.5 Å². The monoisotopic (exact) mass is 238 g/mol. The molecule has 2 rings (SSSR count). The fourth-order valence-corrected chi connectivity index (χ4v) is 2.40. The third-order valence-electron chi connectivity index (χ3n) is 3.31. The van der Waals surface area contributed by atoms with Gasteiger partial charge in [-0.1, -0.05) is 18.0 Å². The van der Waals surface area contributed by atoms with Crippen molar-refractivity contribution in [3.05, 3.63) is 17.5 Å². The molecule has 0 unspecified atom stereocenters. The molecule has 1 amide bonds. The van der Waals surface area contributed by atoms with E-state index in [1.165, 1.54) is 0 Å². The van der Waals surface area contributed by atoms with Gasteiger partial charge in [-0.2, -0.15) is 0 Å². The van der Waals surface area contributed by atoms with Crippen LogP contribution in [0.5, 0.6) is 0 Å². The molecule has 1 fully saturated rings. The Hall–Kier alpha value is -1.36. The fraction of sp³-hybridized carbons (Fsp3) is 0.667. The predicted molar refractivity (Wildman–Crippen MR) is 61.6 cm³/mol. The highest BCUT2D eigenvalue weighted by atomic mass is 16.5. The quantitative estimate of drug-likeness (QED) is 0.860. The van der Waals surface area contributed by atoms with E-state index >= 15 is 0 Å². The van der Waals surface area contributed by atoms with Gasteiger partial charge in [-0.3, -0.25) is 4.79 Å². The molecule has 1 aromatic rings. The minimum atomic E-state index is -0.152. The third kappa shape index (κ3) is 2.49. The second-order valence-corrected chi connectivity index (χ2v) is 4.50. The van der Waals surface area contributed by atoms with Crippen molar-refractivity contribution >= 4 is 5.91 Å². The van der Waals surface area contributed by atoms with Gasteiger partial charge in [0.25, 0.3) is 5.91 Å². The van der Waals surface area contributed by atoms with Crippen LogP contribution in [-0.4, -0.2) is 40.3 Å². The summed E-state index contributed by atoms with van der Waals surface area (Å²) in [6.45, 7) is 2.15. The van der Waals surface area contributed by atoms with Crippen molar-refractivity contribution < 1.29 is 14.4 Å². The van der Waals surface area contributed by atoms with Crippen molar-refractivity contribution in [1.29, 1.82) is 0 Å². The van der Waals surface area contributed by atoms with Gasteiger partial charge in [-0.25, -0.2) is 0 Å². The summed E-state index contributed by atoms with van der Waals surface area (Å²) < 4.78 is 4.99. The van der Waals surface area contributed by atoms with Crippen LogP contribution in [0.2, 0.25) is 0 Å². The van der Waals surface area contributed by atoms with Gasteiger partial charge in [0.1, 0.15) is 0 Å². The molecule has 0 aliphatic heterocycles. The molecule has 1 aromatic heterocycles. The number of carbonyl (C=O) groups excluding carboxylic acids is 1. The van der Waals surface area contributed by atoms with Crippen LogP contribution in [0.1, 0.15) is 41.8 Å². The Morgan fingerprint density at radius 2 is 2.29 bits per heavy atom. The number of aryl methyl sites for hydroxylation is 1. The number of carbonyl (C=O) groups is 1. The minimum absolute atomic E-state index is 0.0184. The number of aliphatic hydroxyl groups is 1. The van der Waals surface area contributed by atoms with E-state index in [1.54, 1.807) is 18.0 Å². The zero-order valence-corrected chi connectivity index (χ0v) is 10.1. The maximum absolute atomic E-state index is 12.3. The summed E-state index contributed by atoms with van der Waals surface area (Å²) >= 11 is 0. The average molecular weight is 238 g/mol. The molecule has 0 atom stereocenters. The lowest BCUT2D eigenvalue weighted by Gasteiger charge is -2.27. The molecule has 0 aromatic carbocycles. The zero-order valence-electron chi connectivity index (χ0n) is 10.1. The maximum atomic E-state index is 12.3. The summed E-state index contributed by atoms with van der Waals surface area (Å²) in [4.78, 5) is 14.0. The normalized spacial score (nSPS) is 16.4. The molecule has 5 nitrogen and oxygen atoms in total. The first-order chi connectivity index (χ1) is 8.24. The molecule has 5 heteroatoms. The van der Waals surface area contributed by atoms with E-state index in [0.717, 1.165) is 31.2 Å². The molecule has 0 spiro atoms. The van der Waals surface area contributed by atoms with E-state index in [2.05, 4.69) is 5.16 Å². The molecular formula is C12H18N2O3. The first-order valence-corrected chi connectivity index (χ1v) is 6.07. The summed E-state index contributed by atoms with van der Waals surface area (Å²) in [5.41, 5.74) is 0.746. The van der Waals surface area contributed by atoms with Crippen molar-refractivity contribution in [2.45, 2.75) is 38.6 Å². The Morgan fingerprint density at radius 3 is 2.82 bits per heavy atom. The molecule has 0 saturated heterocycles. The topological polar surface area (TPSA) is 66.6 Å². The summed E-state index contributed by atoms with van der Waals surface area (Å²) in [6.07, 6.45) is 5.86. The van der Waals surface area contributed by atoms with Gasteiger partial charge in [0.2, 0.25) is 5.76 Å². The van der Waals surface area contributed by atoms with E-state index in [0.29, 0.717) is 12.3 Å². The SMILES string of the molecule is Cc1cnoc1C(=O)N(CCO)C1CCCC1. The highest BCUT2D eigenvalue weighted by Gasteiger charge is 2.29. The summed E-state index contributed by atoms with van der Waals surface area (Å²) in [7, 11) is 0. The Morgan fingerprint density at radius 1 is 1.59 bits per heavy atom. The molecule has 1 aliphatic carbocycles. The van der Waals surface area contributed by atoms with Gasteiger partial charge in [-0.15, -0.1) is 0 Å². The summed E-state index contributed by atoms with van der Waals surface area (Å²) in [5.74, 6) is 0.145. The lowest BCUT2D eigenvalue weighted by Crippen LogP contribution is -2.40. The van der Waals surface area contributed by atoms with Crippen LogP contribution in [0.3, 0.4) is 0 Å².